The van der Waals surface area contributed by atoms with Gasteiger partial charge in [-0.3, -0.25) is 4.79 Å². The third-order valence-electron chi connectivity index (χ3n) is 2.19. The summed E-state index contributed by atoms with van der Waals surface area (Å²) in [5, 5.41) is 8.08. The van der Waals surface area contributed by atoms with Gasteiger partial charge in [-0.1, -0.05) is 34.5 Å². The number of rotatable bonds is 2. The molecule has 1 aromatic heterocycles. The van der Waals surface area contributed by atoms with Crippen LogP contribution in [0.1, 0.15) is 16.1 Å². The van der Waals surface area contributed by atoms with Crippen molar-refractivity contribution in [1.29, 1.82) is 0 Å². The summed E-state index contributed by atoms with van der Waals surface area (Å²) in [5.41, 5.74) is 0.557. The lowest BCUT2D eigenvalue weighted by Gasteiger charge is -2.05. The molecule has 0 unspecified atom stereocenters. The third kappa shape index (κ3) is 2.22. The van der Waals surface area contributed by atoms with Crippen LogP contribution >= 0.6 is 39.1 Å². The lowest BCUT2D eigenvalue weighted by Crippen LogP contribution is -2.10. The van der Waals surface area contributed by atoms with Crippen LogP contribution < -0.4 is 0 Å². The number of carbonyl (C=O) groups excluding carboxylic acids is 1. The number of nitrogens with zero attached hydrogens (tertiary/aromatic N) is 3. The summed E-state index contributed by atoms with van der Waals surface area (Å²) >= 11 is 15.1. The van der Waals surface area contributed by atoms with Gasteiger partial charge in [0.05, 0.1) is 15.6 Å². The van der Waals surface area contributed by atoms with Crippen molar-refractivity contribution in [2.75, 3.05) is 0 Å². The SMILES string of the molecule is Cn1nnc(Br)c1C(=O)c1c(Cl)cccc1Cl. The molecule has 0 aliphatic heterocycles. The van der Waals surface area contributed by atoms with Crippen LogP contribution in [0.15, 0.2) is 22.8 Å². The first-order valence-corrected chi connectivity index (χ1v) is 6.11. The number of halogens is 3. The first-order chi connectivity index (χ1) is 8.02. The molecule has 0 atom stereocenters. The van der Waals surface area contributed by atoms with Crippen LogP contribution in [-0.4, -0.2) is 20.8 Å². The second kappa shape index (κ2) is 4.76. The molecule has 0 fully saturated rings. The van der Waals surface area contributed by atoms with Gasteiger partial charge in [-0.2, -0.15) is 0 Å². The largest absolute Gasteiger partial charge is 0.287 e. The molecule has 17 heavy (non-hydrogen) atoms. The molecule has 7 heteroatoms. The van der Waals surface area contributed by atoms with Crippen LogP contribution in [-0.2, 0) is 7.05 Å². The summed E-state index contributed by atoms with van der Waals surface area (Å²) in [6, 6.07) is 4.90. The number of aromatic nitrogens is 3. The van der Waals surface area contributed by atoms with Crippen LogP contribution in [0.4, 0.5) is 0 Å². The van der Waals surface area contributed by atoms with E-state index in [-0.39, 0.29) is 11.3 Å². The lowest BCUT2D eigenvalue weighted by atomic mass is 10.1. The standard InChI is InChI=1S/C10H6BrCl2N3O/c1-16-8(10(11)14-15-16)9(17)7-5(12)3-2-4-6(7)13/h2-4H,1H3. The van der Waals surface area contributed by atoms with Gasteiger partial charge in [-0.15, -0.1) is 5.10 Å². The molecule has 2 rings (SSSR count). The van der Waals surface area contributed by atoms with Crippen LogP contribution in [0, 0.1) is 0 Å². The molecule has 0 saturated carbocycles. The highest BCUT2D eigenvalue weighted by molar-refractivity contribution is 9.10. The Kier molecular flexibility index (Phi) is 3.51. The van der Waals surface area contributed by atoms with Crippen molar-refractivity contribution >= 4 is 44.9 Å². The van der Waals surface area contributed by atoms with Gasteiger partial charge in [-0.25, -0.2) is 4.68 Å². The van der Waals surface area contributed by atoms with Crippen LogP contribution in [0.25, 0.3) is 0 Å². The van der Waals surface area contributed by atoms with Gasteiger partial charge in [0.1, 0.15) is 5.69 Å². The van der Waals surface area contributed by atoms with Crippen molar-refractivity contribution in [2.24, 2.45) is 7.05 Å². The zero-order valence-corrected chi connectivity index (χ0v) is 11.7. The number of aryl methyl sites for hydroxylation is 1. The number of benzene rings is 1. The maximum atomic E-state index is 12.3. The van der Waals surface area contributed by atoms with E-state index in [2.05, 4.69) is 26.2 Å². The zero-order chi connectivity index (χ0) is 12.6. The molecule has 0 N–H and O–H groups in total. The average molecular weight is 335 g/mol. The summed E-state index contributed by atoms with van der Waals surface area (Å²) in [7, 11) is 1.62. The first kappa shape index (κ1) is 12.5. The second-order valence-corrected chi connectivity index (χ2v) is 4.84. The Morgan fingerprint density at radius 1 is 1.35 bits per heavy atom. The van der Waals surface area contributed by atoms with Gasteiger partial charge in [0, 0.05) is 7.05 Å². The van der Waals surface area contributed by atoms with E-state index >= 15 is 0 Å². The van der Waals surface area contributed by atoms with E-state index in [0.717, 1.165) is 0 Å². The van der Waals surface area contributed by atoms with Gasteiger partial charge in [0.25, 0.3) is 0 Å². The number of ketones is 1. The highest BCUT2D eigenvalue weighted by Crippen LogP contribution is 2.28. The fraction of sp³-hybridized carbons (Fsp3) is 0.100. The first-order valence-electron chi connectivity index (χ1n) is 4.56. The molecule has 0 bridgehead atoms. The van der Waals surface area contributed by atoms with E-state index < -0.39 is 0 Å². The van der Waals surface area contributed by atoms with Crippen LogP contribution in [0.3, 0.4) is 0 Å². The second-order valence-electron chi connectivity index (χ2n) is 3.28. The highest BCUT2D eigenvalue weighted by Gasteiger charge is 2.23. The van der Waals surface area contributed by atoms with Crippen molar-refractivity contribution in [1.82, 2.24) is 15.0 Å². The van der Waals surface area contributed by atoms with E-state index in [4.69, 9.17) is 23.2 Å². The van der Waals surface area contributed by atoms with Gasteiger partial charge in [0.2, 0.25) is 5.78 Å². The van der Waals surface area contributed by atoms with E-state index in [9.17, 15) is 4.79 Å². The molecular weight excluding hydrogens is 329 g/mol. The van der Waals surface area contributed by atoms with Crippen LogP contribution in [0.2, 0.25) is 10.0 Å². The Labute approximate surface area is 116 Å². The maximum absolute atomic E-state index is 12.3. The van der Waals surface area contributed by atoms with Gasteiger partial charge < -0.3 is 0 Å². The fourth-order valence-corrected chi connectivity index (χ4v) is 2.48. The molecule has 2 aromatic rings. The van der Waals surface area contributed by atoms with Crippen molar-refractivity contribution < 1.29 is 4.79 Å². The van der Waals surface area contributed by atoms with Crippen molar-refractivity contribution in [3.8, 4) is 0 Å². The highest BCUT2D eigenvalue weighted by atomic mass is 79.9. The molecule has 1 aromatic carbocycles. The van der Waals surface area contributed by atoms with Crippen LogP contribution in [0.5, 0.6) is 0 Å². The van der Waals surface area contributed by atoms with Gasteiger partial charge >= 0.3 is 0 Å². The quantitative estimate of drug-likeness (QED) is 0.793. The van der Waals surface area contributed by atoms with Crippen molar-refractivity contribution in [3.05, 3.63) is 44.1 Å². The van der Waals surface area contributed by atoms with E-state index in [1.165, 1.54) is 4.68 Å². The predicted molar refractivity (Wildman–Crippen MR) is 68.6 cm³/mol. The Morgan fingerprint density at radius 2 is 1.94 bits per heavy atom. The maximum Gasteiger partial charge on any atom is 0.216 e. The topological polar surface area (TPSA) is 47.8 Å². The Balaban J connectivity index is 2.59. The van der Waals surface area contributed by atoms with Crippen molar-refractivity contribution in [3.63, 3.8) is 0 Å². The Hall–Kier alpha value is -0.910. The minimum Gasteiger partial charge on any atom is -0.287 e. The minimum atomic E-state index is -0.319. The fourth-order valence-electron chi connectivity index (χ4n) is 1.41. The number of hydrogen-bond donors (Lipinski definition) is 0. The predicted octanol–water partition coefficient (Wildman–Crippen LogP) is 3.12. The third-order valence-corrected chi connectivity index (χ3v) is 3.35. The Bertz CT molecular complexity index is 557. The molecule has 0 aliphatic carbocycles. The molecule has 0 saturated heterocycles. The molecule has 4 nitrogen and oxygen atoms in total. The monoisotopic (exact) mass is 333 g/mol. The summed E-state index contributed by atoms with van der Waals surface area (Å²) in [6.45, 7) is 0. The smallest absolute Gasteiger partial charge is 0.216 e. The molecule has 0 spiro atoms. The lowest BCUT2D eigenvalue weighted by molar-refractivity contribution is 0.103. The molecule has 0 aliphatic rings. The van der Waals surface area contributed by atoms with E-state index in [0.29, 0.717) is 20.3 Å². The molecule has 1 heterocycles. The number of carbonyl (C=O) groups is 1. The molecule has 0 amide bonds. The van der Waals surface area contributed by atoms with Gasteiger partial charge in [-0.05, 0) is 28.1 Å². The normalized spacial score (nSPS) is 10.6. The summed E-state index contributed by atoms with van der Waals surface area (Å²) in [6.07, 6.45) is 0. The van der Waals surface area contributed by atoms with Gasteiger partial charge in [0.15, 0.2) is 4.60 Å². The average Bonchev–Trinajstić information content (AvgIpc) is 2.58. The Morgan fingerprint density at radius 3 is 2.41 bits per heavy atom. The minimum absolute atomic E-state index is 0.252. The van der Waals surface area contributed by atoms with Crippen molar-refractivity contribution in [2.45, 2.75) is 0 Å². The number of hydrogen-bond acceptors (Lipinski definition) is 3. The van der Waals surface area contributed by atoms with E-state index in [1.54, 1.807) is 25.2 Å². The molecular formula is C10H6BrCl2N3O. The summed E-state index contributed by atoms with van der Waals surface area (Å²) in [5.74, 6) is -0.319. The molecule has 88 valence electrons. The zero-order valence-electron chi connectivity index (χ0n) is 8.62. The summed E-state index contributed by atoms with van der Waals surface area (Å²) < 4.78 is 1.73. The summed E-state index contributed by atoms with van der Waals surface area (Å²) in [4.78, 5) is 12.3. The molecule has 0 radical (unpaired) electrons. The van der Waals surface area contributed by atoms with E-state index in [1.807, 2.05) is 0 Å².